The van der Waals surface area contributed by atoms with Crippen LogP contribution in [0.3, 0.4) is 0 Å². The molecule has 0 amide bonds. The van der Waals surface area contributed by atoms with Crippen molar-refractivity contribution in [3.63, 3.8) is 0 Å². The van der Waals surface area contributed by atoms with Crippen molar-refractivity contribution < 1.29 is 44.1 Å². The topological polar surface area (TPSA) is 138 Å². The molecule has 5 rings (SSSR count). The number of nitrogens with zero attached hydrogens (tertiary/aromatic N) is 2. The molecule has 0 fully saturated rings. The Morgan fingerprint density at radius 3 is 2.63 bits per heavy atom. The molecule has 0 atom stereocenters. The number of aromatic nitrogens is 1. The summed E-state index contributed by atoms with van der Waals surface area (Å²) in [5.74, 6) is -0.855. The van der Waals surface area contributed by atoms with Gasteiger partial charge in [-0.1, -0.05) is 0 Å². The Kier molecular flexibility index (Phi) is 9.42. The van der Waals surface area contributed by atoms with Gasteiger partial charge < -0.3 is 0 Å². The minimum absolute atomic E-state index is 0.000557. The number of hydrogen-bond acceptors (Lipinski definition) is 10. The van der Waals surface area contributed by atoms with Crippen LogP contribution in [0.1, 0.15) is 24.3 Å². The summed E-state index contributed by atoms with van der Waals surface area (Å²) >= 11 is -0.518. The van der Waals surface area contributed by atoms with Gasteiger partial charge in [-0.15, -0.1) is 0 Å². The monoisotopic (exact) mass is 699 g/mol. The number of ether oxygens (including phenoxy) is 2. The molecule has 15 heteroatoms. The van der Waals surface area contributed by atoms with E-state index in [4.69, 9.17) is 13.8 Å². The molecule has 0 unspecified atom stereocenters. The molecule has 1 aliphatic heterocycles. The van der Waals surface area contributed by atoms with E-state index in [1.165, 1.54) is 12.0 Å². The first kappa shape index (κ1) is 31.4. The number of fused-ring (bicyclic) bond motifs is 4. The number of methoxy groups -OCH3 is 1. The van der Waals surface area contributed by atoms with Gasteiger partial charge in [0.05, 0.1) is 0 Å². The third-order valence-corrected chi connectivity index (χ3v) is 11.1. The van der Waals surface area contributed by atoms with Gasteiger partial charge in [0, 0.05) is 0 Å². The molecule has 4 aromatic rings. The van der Waals surface area contributed by atoms with Crippen molar-refractivity contribution >= 4 is 66.8 Å². The average Bonchev–Trinajstić information content (AvgIpc) is 3.53. The van der Waals surface area contributed by atoms with Crippen LogP contribution in [0.15, 0.2) is 60.5 Å². The Morgan fingerprint density at radius 1 is 1.09 bits per heavy atom. The maximum absolute atomic E-state index is 16.8. The Balaban J connectivity index is 1.61. The first-order valence-electron chi connectivity index (χ1n) is 13.5. The number of hydrogen-bond donors (Lipinski definition) is 1. The van der Waals surface area contributed by atoms with E-state index in [-0.39, 0.29) is 37.6 Å². The molecule has 0 spiro atoms. The predicted molar refractivity (Wildman–Crippen MR) is 160 cm³/mol. The molecule has 230 valence electrons. The van der Waals surface area contributed by atoms with Crippen LogP contribution in [0.25, 0.3) is 26.4 Å². The van der Waals surface area contributed by atoms with Crippen LogP contribution in [0.2, 0.25) is 0 Å². The van der Waals surface area contributed by atoms with Gasteiger partial charge in [-0.05, 0) is 0 Å². The summed E-state index contributed by atoms with van der Waals surface area (Å²) in [4.78, 5) is 1.51. The molecule has 0 saturated carbocycles. The van der Waals surface area contributed by atoms with Crippen LogP contribution in [0.5, 0.6) is 11.5 Å². The van der Waals surface area contributed by atoms with Crippen LogP contribution >= 0.6 is 0 Å². The Hall–Kier alpha value is -3.04. The fourth-order valence-electron chi connectivity index (χ4n) is 4.89. The molecule has 1 aliphatic rings. The molecule has 43 heavy (non-hydrogen) atoms. The van der Waals surface area contributed by atoms with Gasteiger partial charge in [-0.25, -0.2) is 0 Å². The minimum atomic E-state index is -4.48. The van der Waals surface area contributed by atoms with Crippen molar-refractivity contribution in [1.29, 1.82) is 0 Å². The van der Waals surface area contributed by atoms with Crippen LogP contribution in [0, 0.1) is 0 Å². The number of rotatable bonds is 13. The quantitative estimate of drug-likeness (QED) is 0.0960. The van der Waals surface area contributed by atoms with Gasteiger partial charge in [0.15, 0.2) is 0 Å². The Bertz CT molecular complexity index is 1910. The van der Waals surface area contributed by atoms with Crippen LogP contribution in [-0.4, -0.2) is 67.6 Å². The average molecular weight is 699 g/mol. The molecular weight excluding hydrogens is 668 g/mol. The van der Waals surface area contributed by atoms with Crippen molar-refractivity contribution in [3.05, 3.63) is 65.0 Å². The summed E-state index contributed by atoms with van der Waals surface area (Å²) in [6.45, 7) is 2.21. The number of anilines is 1. The summed E-state index contributed by atoms with van der Waals surface area (Å²) in [6, 6.07) is 16.6. The van der Waals surface area contributed by atoms with E-state index in [1.807, 2.05) is 36.4 Å². The van der Waals surface area contributed by atoms with E-state index < -0.39 is 46.3 Å². The number of aryl methyl sites for hydroxylation is 1. The van der Waals surface area contributed by atoms with Gasteiger partial charge in [0.25, 0.3) is 0 Å². The molecule has 2 heterocycles. The molecule has 0 aliphatic carbocycles. The molecule has 1 N–H and O–H groups in total. The van der Waals surface area contributed by atoms with Gasteiger partial charge in [-0.2, -0.15) is 0 Å². The van der Waals surface area contributed by atoms with E-state index in [0.29, 0.717) is 28.3 Å². The summed E-state index contributed by atoms with van der Waals surface area (Å²) in [5.41, 5.74) is 3.63. The third-order valence-electron chi connectivity index (χ3n) is 6.75. The molecule has 0 bridgehead atoms. The second kappa shape index (κ2) is 12.9. The van der Waals surface area contributed by atoms with Crippen molar-refractivity contribution in [2.75, 3.05) is 36.6 Å². The van der Waals surface area contributed by atoms with E-state index in [0.717, 1.165) is 20.5 Å². The van der Waals surface area contributed by atoms with E-state index in [9.17, 15) is 21.4 Å². The van der Waals surface area contributed by atoms with Crippen molar-refractivity contribution in [3.8, 4) is 11.5 Å². The Morgan fingerprint density at radius 2 is 1.88 bits per heavy atom. The summed E-state index contributed by atoms with van der Waals surface area (Å²) < 4.78 is 94.6. The summed E-state index contributed by atoms with van der Waals surface area (Å²) in [6.07, 6.45) is 0.100. The standard InChI is InChI=1S/C28H30FN3O8S2Se/c1-3-30-40-42(36,37)17-7-15-32-26-21-9-5-4-8-19(21)10-13-24(26)43-28(32)25(29)27-31(14-6-16-41(33,34)35)22-18-20(38-2)11-12-23(22)39-27/h4-5,8-13,18,30H,3,6-7,14-17H2,1-2H3. The van der Waals surface area contributed by atoms with Gasteiger partial charge >= 0.3 is 256 Å². The van der Waals surface area contributed by atoms with E-state index in [2.05, 4.69) is 5.48 Å². The molecule has 1 aromatic heterocycles. The predicted octanol–water partition coefficient (Wildman–Crippen LogP) is 3.04. The second-order valence-corrected chi connectivity index (χ2v) is 15.1. The van der Waals surface area contributed by atoms with Gasteiger partial charge in [0.2, 0.25) is 0 Å². The van der Waals surface area contributed by atoms with Gasteiger partial charge in [0.1, 0.15) is 0 Å². The van der Waals surface area contributed by atoms with Crippen LogP contribution in [0.4, 0.5) is 10.1 Å². The molecular formula is C28H30FN3O8S2Se. The summed E-state index contributed by atoms with van der Waals surface area (Å²) in [5, 5.41) is 1.86. The molecule has 0 radical (unpaired) electrons. The molecule has 11 nitrogen and oxygen atoms in total. The fourth-order valence-corrected chi connectivity index (χ4v) is 8.61. The zero-order valence-electron chi connectivity index (χ0n) is 23.4. The first-order valence-corrected chi connectivity index (χ1v) is 18.3. The second-order valence-electron chi connectivity index (χ2n) is 9.71. The maximum atomic E-state index is 16.8. The van der Waals surface area contributed by atoms with Crippen LogP contribution < -0.4 is 24.4 Å². The molecule has 3 aromatic carbocycles. The zero-order chi connectivity index (χ0) is 30.8. The number of halogens is 1. The van der Waals surface area contributed by atoms with Crippen molar-refractivity contribution in [2.24, 2.45) is 0 Å². The first-order chi connectivity index (χ1) is 20.5. The van der Waals surface area contributed by atoms with E-state index >= 15 is 4.39 Å². The SMILES string of the molecule is CCNOS(=O)(=O)CCC[n+]1c(C(F)=C2Oc3ccc(OC)cc3N2CCCS(=O)(=O)[O-])[se]c2ccc3ccccc3c21. The van der Waals surface area contributed by atoms with Crippen molar-refractivity contribution in [1.82, 2.24) is 5.48 Å². The number of nitrogens with one attached hydrogen (secondary N) is 1. The zero-order valence-corrected chi connectivity index (χ0v) is 26.8. The summed E-state index contributed by atoms with van der Waals surface area (Å²) in [7, 11) is -6.84. The normalized spacial score (nSPS) is 14.7. The van der Waals surface area contributed by atoms with Gasteiger partial charge in [-0.3, -0.25) is 0 Å². The van der Waals surface area contributed by atoms with Crippen LogP contribution in [-0.2, 0) is 31.1 Å². The molecule has 0 saturated heterocycles. The third kappa shape index (κ3) is 7.04. The number of benzene rings is 3. The Labute approximate surface area is 255 Å². The van der Waals surface area contributed by atoms with E-state index in [1.54, 1.807) is 29.7 Å². The van der Waals surface area contributed by atoms with Crippen molar-refractivity contribution in [2.45, 2.75) is 26.3 Å². The fraction of sp³-hybridized carbons (Fsp3) is 0.321. The number of hydroxylamine groups is 1.